The van der Waals surface area contributed by atoms with E-state index in [-0.39, 0.29) is 10.8 Å². The fraction of sp³-hybridized carbons (Fsp3) is 0.194. The Bertz CT molecular complexity index is 3390. The predicted molar refractivity (Wildman–Crippen MR) is 286 cm³/mol. The zero-order valence-corrected chi connectivity index (χ0v) is 39.7. The van der Waals surface area contributed by atoms with Gasteiger partial charge in [-0.05, 0) is 180 Å². The molecule has 1 nitrogen and oxygen atoms in total. The van der Waals surface area contributed by atoms with Crippen molar-refractivity contribution in [3.63, 3.8) is 0 Å². The van der Waals surface area contributed by atoms with E-state index in [0.717, 1.165) is 17.8 Å². The summed E-state index contributed by atoms with van der Waals surface area (Å²) in [5.74, 6) is 0. The lowest BCUT2D eigenvalue weighted by molar-refractivity contribution is 0.333. The Hall–Kier alpha value is -7.22. The van der Waals surface area contributed by atoms with Crippen LogP contribution in [0.25, 0.3) is 55.6 Å². The third-order valence-corrected chi connectivity index (χ3v) is 16.6. The molecule has 4 aliphatic carbocycles. The van der Waals surface area contributed by atoms with E-state index in [1.165, 1.54) is 138 Å². The van der Waals surface area contributed by atoms with Crippen molar-refractivity contribution in [1.29, 1.82) is 0 Å². The summed E-state index contributed by atoms with van der Waals surface area (Å²) < 4.78 is 0. The highest BCUT2D eigenvalue weighted by molar-refractivity contribution is 6.00. The molecular weight excluding hydrogens is 819 g/mol. The maximum atomic E-state index is 2.57. The Morgan fingerprint density at radius 2 is 0.838 bits per heavy atom. The van der Waals surface area contributed by atoms with Crippen molar-refractivity contribution in [2.24, 2.45) is 0 Å². The molecule has 0 bridgehead atoms. The summed E-state index contributed by atoms with van der Waals surface area (Å²) >= 11 is 0. The second-order valence-corrected chi connectivity index (χ2v) is 21.2. The quantitative estimate of drug-likeness (QED) is 0.161. The fourth-order valence-corrected chi connectivity index (χ4v) is 13.2. The molecule has 0 unspecified atom stereocenters. The molecule has 0 N–H and O–H groups in total. The molecule has 9 aromatic carbocycles. The SMILES string of the molecule is CC1(C)CCC(C)(C)c2c(-c3ccc(N(c4ccccc4)c4cc5c(cc4-c4ccc(-c6cccc7c6CCCC7)cc4)-c4ccccc4C54c5ccccc5-c5ccccc54)cc3)cccc21. The molecule has 0 radical (unpaired) electrons. The van der Waals surface area contributed by atoms with Gasteiger partial charge in [0.2, 0.25) is 0 Å². The molecule has 68 heavy (non-hydrogen) atoms. The minimum Gasteiger partial charge on any atom is -0.310 e. The van der Waals surface area contributed by atoms with Crippen molar-refractivity contribution < 1.29 is 0 Å². The van der Waals surface area contributed by atoms with Crippen molar-refractivity contribution in [3.8, 4) is 55.6 Å². The van der Waals surface area contributed by atoms with Crippen LogP contribution in [0, 0.1) is 0 Å². The number of aryl methyl sites for hydroxylation is 1. The summed E-state index contributed by atoms with van der Waals surface area (Å²) in [6, 6.07) is 76.6. The standard InChI is InChI=1S/C67H57N/c1-65(2)40-41-66(3,4)64-52(27-17-31-61(64)65)46-36-38-49(39-37-46)68(48-20-6-5-7-21-48)63-43-62-57(42-56(63)47-34-32-45(33-35-47)51-26-16-19-44-18-8-9-22-50(44)51)55-25-12-15-30-60(55)67(62)58-28-13-10-23-53(58)54-24-11-14-29-59(54)67/h5-7,10-17,19-21,23-39,42-43H,8-9,18,22,40-41H2,1-4H3. The highest BCUT2D eigenvalue weighted by Gasteiger charge is 2.52. The van der Waals surface area contributed by atoms with Gasteiger partial charge in [-0.15, -0.1) is 0 Å². The Balaban J connectivity index is 1.05. The van der Waals surface area contributed by atoms with Crippen LogP contribution in [0.3, 0.4) is 0 Å². The van der Waals surface area contributed by atoms with Gasteiger partial charge in [-0.2, -0.15) is 0 Å². The molecule has 0 aromatic heterocycles. The molecule has 4 aliphatic rings. The molecule has 0 amide bonds. The molecular formula is C67H57N. The number of hydrogen-bond acceptors (Lipinski definition) is 1. The van der Waals surface area contributed by atoms with Gasteiger partial charge in [0, 0.05) is 16.9 Å². The topological polar surface area (TPSA) is 3.24 Å². The van der Waals surface area contributed by atoms with E-state index >= 15 is 0 Å². The summed E-state index contributed by atoms with van der Waals surface area (Å²) in [7, 11) is 0. The summed E-state index contributed by atoms with van der Waals surface area (Å²) in [6.45, 7) is 9.73. The van der Waals surface area contributed by atoms with Crippen LogP contribution in [-0.4, -0.2) is 0 Å². The molecule has 0 atom stereocenters. The van der Waals surface area contributed by atoms with Crippen molar-refractivity contribution >= 4 is 17.1 Å². The van der Waals surface area contributed by atoms with Crippen LogP contribution in [0.2, 0.25) is 0 Å². The fourth-order valence-electron chi connectivity index (χ4n) is 13.2. The van der Waals surface area contributed by atoms with Crippen LogP contribution in [0.15, 0.2) is 200 Å². The molecule has 1 spiro atoms. The second-order valence-electron chi connectivity index (χ2n) is 21.2. The van der Waals surface area contributed by atoms with Gasteiger partial charge in [0.15, 0.2) is 0 Å². The molecule has 330 valence electrons. The van der Waals surface area contributed by atoms with Crippen LogP contribution in [0.4, 0.5) is 17.1 Å². The first-order valence-corrected chi connectivity index (χ1v) is 25.0. The number of para-hydroxylation sites is 1. The number of anilines is 3. The smallest absolute Gasteiger partial charge is 0.0726 e. The number of nitrogens with zero attached hydrogens (tertiary/aromatic N) is 1. The zero-order chi connectivity index (χ0) is 45.8. The van der Waals surface area contributed by atoms with Gasteiger partial charge < -0.3 is 4.90 Å². The van der Waals surface area contributed by atoms with Crippen molar-refractivity contribution in [3.05, 3.63) is 245 Å². The average Bonchev–Trinajstić information content (AvgIpc) is 3.85. The predicted octanol–water partition coefficient (Wildman–Crippen LogP) is 17.7. The van der Waals surface area contributed by atoms with Crippen molar-refractivity contribution in [2.45, 2.75) is 82.5 Å². The number of rotatable bonds is 6. The van der Waals surface area contributed by atoms with Crippen LogP contribution < -0.4 is 4.90 Å². The molecule has 1 heteroatoms. The van der Waals surface area contributed by atoms with Gasteiger partial charge in [0.25, 0.3) is 0 Å². The van der Waals surface area contributed by atoms with Crippen molar-refractivity contribution in [2.75, 3.05) is 4.90 Å². The zero-order valence-electron chi connectivity index (χ0n) is 39.7. The van der Waals surface area contributed by atoms with Gasteiger partial charge in [-0.3, -0.25) is 0 Å². The lowest BCUT2D eigenvalue weighted by Crippen LogP contribution is -2.34. The molecule has 0 fully saturated rings. The average molecular weight is 876 g/mol. The Labute approximate surface area is 402 Å². The first-order valence-electron chi connectivity index (χ1n) is 25.0. The Kier molecular flexibility index (Phi) is 9.29. The van der Waals surface area contributed by atoms with E-state index in [1.807, 2.05) is 0 Å². The van der Waals surface area contributed by atoms with E-state index in [2.05, 4.69) is 233 Å². The highest BCUT2D eigenvalue weighted by Crippen LogP contribution is 2.64. The van der Waals surface area contributed by atoms with E-state index in [9.17, 15) is 0 Å². The van der Waals surface area contributed by atoms with Gasteiger partial charge in [0.1, 0.15) is 0 Å². The summed E-state index contributed by atoms with van der Waals surface area (Å²) in [4.78, 5) is 2.53. The van der Waals surface area contributed by atoms with Crippen LogP contribution in [-0.2, 0) is 29.1 Å². The first kappa shape index (κ1) is 41.0. The minimum atomic E-state index is -0.470. The third kappa shape index (κ3) is 6.07. The third-order valence-electron chi connectivity index (χ3n) is 16.6. The van der Waals surface area contributed by atoms with Gasteiger partial charge >= 0.3 is 0 Å². The first-order chi connectivity index (χ1) is 33.2. The normalized spacial score (nSPS) is 16.2. The molecule has 0 saturated heterocycles. The van der Waals surface area contributed by atoms with E-state index in [0.29, 0.717) is 0 Å². The largest absolute Gasteiger partial charge is 0.310 e. The summed E-state index contributed by atoms with van der Waals surface area (Å²) in [6.07, 6.45) is 7.26. The molecule has 0 aliphatic heterocycles. The second kappa shape index (κ2) is 15.4. The summed E-state index contributed by atoms with van der Waals surface area (Å²) in [5, 5.41) is 0. The van der Waals surface area contributed by atoms with E-state index in [1.54, 1.807) is 0 Å². The number of benzene rings is 9. The maximum Gasteiger partial charge on any atom is 0.0726 e. The number of fused-ring (bicyclic) bond motifs is 12. The van der Waals surface area contributed by atoms with E-state index in [4.69, 9.17) is 0 Å². The van der Waals surface area contributed by atoms with Crippen molar-refractivity contribution in [1.82, 2.24) is 0 Å². The van der Waals surface area contributed by atoms with Crippen LogP contribution in [0.5, 0.6) is 0 Å². The Morgan fingerprint density at radius 1 is 0.353 bits per heavy atom. The lowest BCUT2D eigenvalue weighted by atomic mass is 9.61. The maximum absolute atomic E-state index is 2.57. The van der Waals surface area contributed by atoms with Crippen LogP contribution >= 0.6 is 0 Å². The van der Waals surface area contributed by atoms with Gasteiger partial charge in [-0.1, -0.05) is 191 Å². The van der Waals surface area contributed by atoms with E-state index < -0.39 is 5.41 Å². The van der Waals surface area contributed by atoms with Crippen LogP contribution in [0.1, 0.15) is 97.9 Å². The van der Waals surface area contributed by atoms with Gasteiger partial charge in [-0.25, -0.2) is 0 Å². The highest BCUT2D eigenvalue weighted by atomic mass is 15.1. The number of hydrogen-bond donors (Lipinski definition) is 0. The molecule has 9 aromatic rings. The summed E-state index contributed by atoms with van der Waals surface area (Å²) in [5.41, 5.74) is 27.6. The molecule has 0 saturated carbocycles. The minimum absolute atomic E-state index is 0.0932. The lowest BCUT2D eigenvalue weighted by Gasteiger charge is -2.43. The monoisotopic (exact) mass is 875 g/mol. The molecule has 0 heterocycles. The Morgan fingerprint density at radius 3 is 1.51 bits per heavy atom. The van der Waals surface area contributed by atoms with Gasteiger partial charge in [0.05, 0.1) is 11.1 Å². The molecule has 13 rings (SSSR count).